The van der Waals surface area contributed by atoms with Gasteiger partial charge in [0.2, 0.25) is 15.9 Å². The van der Waals surface area contributed by atoms with E-state index in [4.69, 9.17) is 16.3 Å². The molecule has 1 fully saturated rings. The molecule has 1 aromatic carbocycles. The van der Waals surface area contributed by atoms with Crippen LogP contribution >= 0.6 is 22.9 Å². The van der Waals surface area contributed by atoms with Gasteiger partial charge in [-0.3, -0.25) is 4.79 Å². The fraction of sp³-hybridized carbons (Fsp3) is 0.421. The molecule has 6 nitrogen and oxygen atoms in total. The Bertz CT molecular complexity index is 951. The molecular formula is C19H23ClN2O4S2. The normalized spacial score (nSPS) is 15.6. The highest BCUT2D eigenvalue weighted by Gasteiger charge is 2.31. The lowest BCUT2D eigenvalue weighted by Crippen LogP contribution is -2.50. The summed E-state index contributed by atoms with van der Waals surface area (Å²) in [6, 6.07) is 8.84. The summed E-state index contributed by atoms with van der Waals surface area (Å²) in [5, 5.41) is 0.507. The summed E-state index contributed by atoms with van der Waals surface area (Å²) < 4.78 is 32.7. The summed E-state index contributed by atoms with van der Waals surface area (Å²) in [5.41, 5.74) is 0. The van der Waals surface area contributed by atoms with Crippen LogP contribution in [0.4, 0.5) is 0 Å². The molecule has 1 saturated heterocycles. The van der Waals surface area contributed by atoms with E-state index in [1.807, 2.05) is 26.0 Å². The number of thiophene rings is 1. The molecular weight excluding hydrogens is 420 g/mol. The summed E-state index contributed by atoms with van der Waals surface area (Å²) in [6.45, 7) is 5.32. The second kappa shape index (κ2) is 8.82. The van der Waals surface area contributed by atoms with E-state index in [9.17, 15) is 13.2 Å². The van der Waals surface area contributed by atoms with Gasteiger partial charge in [0.1, 0.15) is 5.75 Å². The fourth-order valence-electron chi connectivity index (χ4n) is 3.15. The number of carbonyl (C=O) groups is 1. The van der Waals surface area contributed by atoms with Gasteiger partial charge in [0.25, 0.3) is 0 Å². The van der Waals surface area contributed by atoms with E-state index in [-0.39, 0.29) is 18.9 Å². The predicted octanol–water partition coefficient (Wildman–Crippen LogP) is 3.32. The van der Waals surface area contributed by atoms with Crippen LogP contribution in [0.15, 0.2) is 35.2 Å². The van der Waals surface area contributed by atoms with Crippen molar-refractivity contribution < 1.29 is 17.9 Å². The maximum atomic E-state index is 12.9. The third-order valence-corrected chi connectivity index (χ3v) is 8.05. The standard InChI is InChI=1S/C19H23ClN2O4S2/c1-14-13-18(15(2)27-14)28(24,25)22-10-8-21(9-11-22)19(23)7-12-26-17-6-4-3-5-16(17)20/h3-6,13H,7-12H2,1-2H3. The summed E-state index contributed by atoms with van der Waals surface area (Å²) >= 11 is 7.51. The largest absolute Gasteiger partial charge is 0.491 e. The molecule has 9 heteroatoms. The minimum absolute atomic E-state index is 0.0494. The minimum Gasteiger partial charge on any atom is -0.491 e. The number of sulfonamides is 1. The average molecular weight is 443 g/mol. The molecule has 0 atom stereocenters. The number of hydrogen-bond donors (Lipinski definition) is 0. The molecule has 1 aliphatic rings. The quantitative estimate of drug-likeness (QED) is 0.688. The highest BCUT2D eigenvalue weighted by molar-refractivity contribution is 7.89. The van der Waals surface area contributed by atoms with Gasteiger partial charge in [-0.05, 0) is 32.0 Å². The second-order valence-corrected chi connectivity index (χ2v) is 10.4. The van der Waals surface area contributed by atoms with Gasteiger partial charge in [-0.2, -0.15) is 4.31 Å². The van der Waals surface area contributed by atoms with Gasteiger partial charge in [0, 0.05) is 35.9 Å². The van der Waals surface area contributed by atoms with Gasteiger partial charge in [0.15, 0.2) is 0 Å². The van der Waals surface area contributed by atoms with E-state index in [2.05, 4.69) is 0 Å². The number of piperazine rings is 1. The minimum atomic E-state index is -3.51. The van der Waals surface area contributed by atoms with Gasteiger partial charge in [0.05, 0.1) is 22.9 Å². The lowest BCUT2D eigenvalue weighted by Gasteiger charge is -2.34. The molecule has 1 amide bonds. The van der Waals surface area contributed by atoms with Gasteiger partial charge < -0.3 is 9.64 Å². The van der Waals surface area contributed by atoms with Crippen molar-refractivity contribution in [2.24, 2.45) is 0 Å². The van der Waals surface area contributed by atoms with Crippen LogP contribution in [-0.2, 0) is 14.8 Å². The Labute approximate surface area is 174 Å². The number of benzene rings is 1. The van der Waals surface area contributed by atoms with E-state index in [0.29, 0.717) is 41.8 Å². The van der Waals surface area contributed by atoms with Crippen molar-refractivity contribution in [2.45, 2.75) is 25.2 Å². The number of amides is 1. The van der Waals surface area contributed by atoms with Gasteiger partial charge in [-0.25, -0.2) is 8.42 Å². The molecule has 0 aliphatic carbocycles. The highest BCUT2D eigenvalue weighted by atomic mass is 35.5. The average Bonchev–Trinajstić information content (AvgIpc) is 3.02. The molecule has 0 unspecified atom stereocenters. The smallest absolute Gasteiger partial charge is 0.244 e. The number of aryl methyl sites for hydroxylation is 2. The molecule has 2 heterocycles. The first kappa shape index (κ1) is 21.1. The first-order chi connectivity index (χ1) is 13.3. The third-order valence-electron chi connectivity index (χ3n) is 4.61. The zero-order chi connectivity index (χ0) is 20.3. The molecule has 0 N–H and O–H groups in total. The molecule has 0 bridgehead atoms. The predicted molar refractivity (Wildman–Crippen MR) is 111 cm³/mol. The molecule has 2 aromatic rings. The van der Waals surface area contributed by atoms with Crippen LogP contribution in [0.3, 0.4) is 0 Å². The summed E-state index contributed by atoms with van der Waals surface area (Å²) in [6.07, 6.45) is 0.223. The topological polar surface area (TPSA) is 66.9 Å². The van der Waals surface area contributed by atoms with E-state index in [0.717, 1.165) is 9.75 Å². The number of carbonyl (C=O) groups excluding carboxylic acids is 1. The Morgan fingerprint density at radius 3 is 2.46 bits per heavy atom. The van der Waals surface area contributed by atoms with Crippen molar-refractivity contribution in [2.75, 3.05) is 32.8 Å². The van der Waals surface area contributed by atoms with Crippen LogP contribution in [0, 0.1) is 13.8 Å². The van der Waals surface area contributed by atoms with Crippen LogP contribution in [0.25, 0.3) is 0 Å². The number of hydrogen-bond acceptors (Lipinski definition) is 5. The Hall–Kier alpha value is -1.61. The highest BCUT2D eigenvalue weighted by Crippen LogP contribution is 2.28. The lowest BCUT2D eigenvalue weighted by molar-refractivity contribution is -0.132. The van der Waals surface area contributed by atoms with Gasteiger partial charge in [-0.15, -0.1) is 11.3 Å². The van der Waals surface area contributed by atoms with Crippen LogP contribution in [0.1, 0.15) is 16.2 Å². The Balaban J connectivity index is 1.51. The van der Waals surface area contributed by atoms with Gasteiger partial charge in [-0.1, -0.05) is 23.7 Å². The molecule has 0 spiro atoms. The number of ether oxygens (including phenoxy) is 1. The van der Waals surface area contributed by atoms with E-state index < -0.39 is 10.0 Å². The molecule has 1 aromatic heterocycles. The van der Waals surface area contributed by atoms with Crippen molar-refractivity contribution in [1.29, 1.82) is 0 Å². The number of nitrogens with zero attached hydrogens (tertiary/aromatic N) is 2. The van der Waals surface area contributed by atoms with Crippen LogP contribution in [0.5, 0.6) is 5.75 Å². The Kier molecular flexibility index (Phi) is 6.65. The van der Waals surface area contributed by atoms with E-state index >= 15 is 0 Å². The molecule has 0 saturated carbocycles. The van der Waals surface area contributed by atoms with Crippen LogP contribution in [0.2, 0.25) is 5.02 Å². The Morgan fingerprint density at radius 1 is 1.18 bits per heavy atom. The van der Waals surface area contributed by atoms with Crippen molar-refractivity contribution in [3.8, 4) is 5.75 Å². The molecule has 3 rings (SSSR count). The number of rotatable bonds is 6. The second-order valence-electron chi connectivity index (χ2n) is 6.59. The van der Waals surface area contributed by atoms with Crippen molar-refractivity contribution in [3.05, 3.63) is 45.1 Å². The van der Waals surface area contributed by atoms with Crippen LogP contribution < -0.4 is 4.74 Å². The monoisotopic (exact) mass is 442 g/mol. The van der Waals surface area contributed by atoms with Crippen LogP contribution in [-0.4, -0.2) is 56.3 Å². The van der Waals surface area contributed by atoms with E-state index in [1.165, 1.54) is 15.6 Å². The molecule has 0 radical (unpaired) electrons. The fourth-order valence-corrected chi connectivity index (χ4v) is 6.28. The maximum Gasteiger partial charge on any atom is 0.244 e. The van der Waals surface area contributed by atoms with Crippen molar-refractivity contribution >= 4 is 38.9 Å². The molecule has 152 valence electrons. The summed E-state index contributed by atoms with van der Waals surface area (Å²) in [7, 11) is -3.51. The first-order valence-corrected chi connectivity index (χ1v) is 11.6. The molecule has 28 heavy (non-hydrogen) atoms. The number of halogens is 1. The zero-order valence-electron chi connectivity index (χ0n) is 15.9. The summed E-state index contributed by atoms with van der Waals surface area (Å²) in [4.78, 5) is 16.2. The SMILES string of the molecule is Cc1cc(S(=O)(=O)N2CCN(C(=O)CCOc3ccccc3Cl)CC2)c(C)s1. The third kappa shape index (κ3) is 4.68. The first-order valence-electron chi connectivity index (χ1n) is 9.01. The van der Waals surface area contributed by atoms with Crippen molar-refractivity contribution in [1.82, 2.24) is 9.21 Å². The van der Waals surface area contributed by atoms with Gasteiger partial charge >= 0.3 is 0 Å². The van der Waals surface area contributed by atoms with Crippen molar-refractivity contribution in [3.63, 3.8) is 0 Å². The zero-order valence-corrected chi connectivity index (χ0v) is 18.2. The maximum absolute atomic E-state index is 12.9. The summed E-state index contributed by atoms with van der Waals surface area (Å²) in [5.74, 6) is 0.501. The Morgan fingerprint density at radius 2 is 1.86 bits per heavy atom. The lowest BCUT2D eigenvalue weighted by atomic mass is 10.3. The number of para-hydroxylation sites is 1. The molecule has 1 aliphatic heterocycles. The van der Waals surface area contributed by atoms with E-state index in [1.54, 1.807) is 23.1 Å².